The van der Waals surface area contributed by atoms with Crippen molar-refractivity contribution in [1.82, 2.24) is 4.90 Å². The molecule has 4 heteroatoms. The van der Waals surface area contributed by atoms with Crippen molar-refractivity contribution in [3.8, 4) is 0 Å². The molecule has 0 aromatic heterocycles. The van der Waals surface area contributed by atoms with Crippen molar-refractivity contribution in [2.75, 3.05) is 18.9 Å². The minimum absolute atomic E-state index is 0.602. The number of amidine groups is 1. The third kappa shape index (κ3) is 3.49. The Bertz CT molecular complexity index is 420. The summed E-state index contributed by atoms with van der Waals surface area (Å²) in [5, 5.41) is 2.78. The van der Waals surface area contributed by atoms with Crippen molar-refractivity contribution in [3.63, 3.8) is 0 Å². The second kappa shape index (κ2) is 5.91. The fraction of sp³-hybridized carbons (Fsp3) is 0.462. The average molecular weight is 313 g/mol. The average Bonchev–Trinajstić information content (AvgIpc) is 2.77. The molecule has 1 aliphatic rings. The summed E-state index contributed by atoms with van der Waals surface area (Å²) in [5.74, 6) is 0. The highest BCUT2D eigenvalue weighted by Crippen LogP contribution is 2.25. The normalized spacial score (nSPS) is 19.2. The van der Waals surface area contributed by atoms with E-state index in [1.807, 2.05) is 11.8 Å². The summed E-state index contributed by atoms with van der Waals surface area (Å²) in [5.41, 5.74) is 2.66. The first-order valence-electron chi connectivity index (χ1n) is 5.73. The number of hydrogen-bond acceptors (Lipinski definition) is 3. The lowest BCUT2D eigenvalue weighted by Crippen LogP contribution is -2.23. The molecule has 92 valence electrons. The number of alkyl halides is 1. The summed E-state index contributed by atoms with van der Waals surface area (Å²) in [6.45, 7) is 4.00. The second-order valence-corrected chi connectivity index (χ2v) is 6.28. The van der Waals surface area contributed by atoms with Gasteiger partial charge >= 0.3 is 0 Å². The molecule has 0 aliphatic carbocycles. The predicted molar refractivity (Wildman–Crippen MR) is 80.1 cm³/mol. The van der Waals surface area contributed by atoms with Gasteiger partial charge in [-0.05, 0) is 12.5 Å². The Morgan fingerprint density at radius 2 is 2.35 bits per heavy atom. The van der Waals surface area contributed by atoms with Gasteiger partial charge in [0, 0.05) is 24.2 Å². The molecule has 0 saturated heterocycles. The molecule has 1 unspecified atom stereocenters. The molecular formula is C13H17BrN2S. The highest BCUT2D eigenvalue weighted by Gasteiger charge is 2.21. The van der Waals surface area contributed by atoms with E-state index in [-0.39, 0.29) is 0 Å². The Morgan fingerprint density at radius 3 is 3.00 bits per heavy atom. The number of aryl methyl sites for hydroxylation is 1. The van der Waals surface area contributed by atoms with E-state index in [0.29, 0.717) is 5.25 Å². The van der Waals surface area contributed by atoms with Crippen LogP contribution in [0.3, 0.4) is 0 Å². The van der Waals surface area contributed by atoms with Gasteiger partial charge in [-0.3, -0.25) is 4.99 Å². The lowest BCUT2D eigenvalue weighted by molar-refractivity contribution is 0.510. The van der Waals surface area contributed by atoms with Gasteiger partial charge in [0.25, 0.3) is 0 Å². The van der Waals surface area contributed by atoms with Crippen LogP contribution >= 0.6 is 27.7 Å². The summed E-state index contributed by atoms with van der Waals surface area (Å²) in [4.78, 5) is 6.82. The monoisotopic (exact) mass is 312 g/mol. The van der Waals surface area contributed by atoms with Crippen LogP contribution in [0.5, 0.6) is 0 Å². The van der Waals surface area contributed by atoms with Gasteiger partial charge in [-0.25, -0.2) is 0 Å². The van der Waals surface area contributed by atoms with Crippen LogP contribution in [0, 0.1) is 6.92 Å². The summed E-state index contributed by atoms with van der Waals surface area (Å²) in [7, 11) is 2.12. The second-order valence-electron chi connectivity index (χ2n) is 4.36. The van der Waals surface area contributed by atoms with Gasteiger partial charge in [0.15, 0.2) is 5.17 Å². The molecular weight excluding hydrogens is 296 g/mol. The van der Waals surface area contributed by atoms with E-state index in [2.05, 4.69) is 64.1 Å². The van der Waals surface area contributed by atoms with Crippen LogP contribution in [0.15, 0.2) is 29.3 Å². The van der Waals surface area contributed by atoms with Gasteiger partial charge in [0.05, 0.1) is 6.54 Å². The number of rotatable bonds is 3. The smallest absolute Gasteiger partial charge is 0.159 e. The van der Waals surface area contributed by atoms with Crippen LogP contribution in [-0.4, -0.2) is 34.2 Å². The fourth-order valence-corrected chi connectivity index (χ4v) is 3.35. The molecule has 1 heterocycles. The number of nitrogens with zero attached hydrogens (tertiary/aromatic N) is 2. The minimum Gasteiger partial charge on any atom is -0.350 e. The maximum absolute atomic E-state index is 4.58. The first-order chi connectivity index (χ1) is 8.19. The Labute approximate surface area is 116 Å². The highest BCUT2D eigenvalue weighted by molar-refractivity contribution is 9.09. The Hall–Kier alpha value is -0.480. The van der Waals surface area contributed by atoms with E-state index in [9.17, 15) is 0 Å². The minimum atomic E-state index is 0.602. The van der Waals surface area contributed by atoms with Gasteiger partial charge in [-0.2, -0.15) is 0 Å². The summed E-state index contributed by atoms with van der Waals surface area (Å²) >= 11 is 5.39. The highest BCUT2D eigenvalue weighted by atomic mass is 79.9. The van der Waals surface area contributed by atoms with Crippen LogP contribution < -0.4 is 0 Å². The Morgan fingerprint density at radius 1 is 1.53 bits per heavy atom. The maximum atomic E-state index is 4.58. The molecule has 1 aromatic rings. The summed E-state index contributed by atoms with van der Waals surface area (Å²) < 4.78 is 0. The van der Waals surface area contributed by atoms with E-state index < -0.39 is 0 Å². The van der Waals surface area contributed by atoms with E-state index in [1.54, 1.807) is 0 Å². The molecule has 2 rings (SSSR count). The molecule has 0 bridgehead atoms. The molecule has 0 spiro atoms. The van der Waals surface area contributed by atoms with Gasteiger partial charge in [0.1, 0.15) is 0 Å². The molecule has 0 amide bonds. The van der Waals surface area contributed by atoms with Crippen molar-refractivity contribution in [3.05, 3.63) is 35.4 Å². The number of thioether (sulfide) groups is 1. The lowest BCUT2D eigenvalue weighted by Gasteiger charge is -2.19. The quantitative estimate of drug-likeness (QED) is 0.796. The topological polar surface area (TPSA) is 15.6 Å². The standard InChI is InChI=1S/C13H17BrN2S/c1-10-4-3-5-11(6-10)9-16(2)13-15-8-12(7-14)17-13/h3-6,12H,7-9H2,1-2H3. The van der Waals surface area contributed by atoms with Crippen LogP contribution in [-0.2, 0) is 6.54 Å². The molecule has 0 N–H and O–H groups in total. The number of benzene rings is 1. The summed E-state index contributed by atoms with van der Waals surface area (Å²) in [6.07, 6.45) is 0. The largest absolute Gasteiger partial charge is 0.350 e. The van der Waals surface area contributed by atoms with Crippen LogP contribution in [0.2, 0.25) is 0 Å². The zero-order valence-electron chi connectivity index (χ0n) is 10.2. The molecule has 2 nitrogen and oxygen atoms in total. The number of halogens is 1. The zero-order chi connectivity index (χ0) is 12.3. The number of hydrogen-bond donors (Lipinski definition) is 0. The zero-order valence-corrected chi connectivity index (χ0v) is 12.6. The Kier molecular flexibility index (Phi) is 4.51. The van der Waals surface area contributed by atoms with Gasteiger partial charge in [0.2, 0.25) is 0 Å². The molecule has 0 saturated carbocycles. The molecule has 0 radical (unpaired) electrons. The molecule has 1 aliphatic heterocycles. The van der Waals surface area contributed by atoms with E-state index in [0.717, 1.165) is 23.6 Å². The van der Waals surface area contributed by atoms with Crippen molar-refractivity contribution < 1.29 is 0 Å². The first kappa shape index (κ1) is 13.0. The van der Waals surface area contributed by atoms with Crippen LogP contribution in [0.25, 0.3) is 0 Å². The van der Waals surface area contributed by atoms with Crippen LogP contribution in [0.1, 0.15) is 11.1 Å². The predicted octanol–water partition coefficient (Wildman–Crippen LogP) is 3.29. The van der Waals surface area contributed by atoms with E-state index in [1.165, 1.54) is 11.1 Å². The fourth-order valence-electron chi connectivity index (χ4n) is 1.85. The molecule has 1 aromatic carbocycles. The molecule has 1 atom stereocenters. The van der Waals surface area contributed by atoms with Crippen molar-refractivity contribution >= 4 is 32.9 Å². The third-order valence-electron chi connectivity index (χ3n) is 2.70. The van der Waals surface area contributed by atoms with Gasteiger partial charge < -0.3 is 4.90 Å². The summed E-state index contributed by atoms with van der Waals surface area (Å²) in [6, 6.07) is 8.65. The van der Waals surface area contributed by atoms with Crippen molar-refractivity contribution in [1.29, 1.82) is 0 Å². The number of aliphatic imine (C=N–C) groups is 1. The SMILES string of the molecule is Cc1cccc(CN(C)C2=NCC(CBr)S2)c1. The first-order valence-corrected chi connectivity index (χ1v) is 7.73. The Balaban J connectivity index is 1.96. The maximum Gasteiger partial charge on any atom is 0.159 e. The molecule has 17 heavy (non-hydrogen) atoms. The van der Waals surface area contributed by atoms with E-state index in [4.69, 9.17) is 0 Å². The van der Waals surface area contributed by atoms with Crippen LogP contribution in [0.4, 0.5) is 0 Å². The van der Waals surface area contributed by atoms with Gasteiger partial charge in [-0.1, -0.05) is 57.5 Å². The van der Waals surface area contributed by atoms with Crippen molar-refractivity contribution in [2.24, 2.45) is 4.99 Å². The lowest BCUT2D eigenvalue weighted by atomic mass is 10.1. The van der Waals surface area contributed by atoms with E-state index >= 15 is 0 Å². The third-order valence-corrected chi connectivity index (χ3v) is 5.21. The molecule has 0 fully saturated rings. The van der Waals surface area contributed by atoms with Gasteiger partial charge in [-0.15, -0.1) is 0 Å². The van der Waals surface area contributed by atoms with Crippen molar-refractivity contribution in [2.45, 2.75) is 18.7 Å².